The summed E-state index contributed by atoms with van der Waals surface area (Å²) in [5, 5.41) is 8.78. The van der Waals surface area contributed by atoms with E-state index in [0.717, 1.165) is 31.6 Å². The van der Waals surface area contributed by atoms with E-state index in [2.05, 4.69) is 43.4 Å². The number of rotatable bonds is 8. The third kappa shape index (κ3) is 6.59. The molecular weight excluding hydrogens is 302 g/mol. The Kier molecular flexibility index (Phi) is 7.07. The number of aliphatic carboxylic acids is 1. The average Bonchev–Trinajstić information content (AvgIpc) is 2.77. The summed E-state index contributed by atoms with van der Waals surface area (Å²) in [7, 11) is 1.83. The van der Waals surface area contributed by atoms with Crippen molar-refractivity contribution in [3.63, 3.8) is 0 Å². The van der Waals surface area contributed by atoms with Gasteiger partial charge in [0.05, 0.1) is 6.54 Å². The van der Waals surface area contributed by atoms with E-state index in [1.807, 2.05) is 18.0 Å². The maximum Gasteiger partial charge on any atom is 0.317 e. The van der Waals surface area contributed by atoms with Gasteiger partial charge in [0, 0.05) is 6.54 Å². The Balaban J connectivity index is 1.76. The van der Waals surface area contributed by atoms with Crippen LogP contribution < -0.4 is 0 Å². The second kappa shape index (κ2) is 9.28. The van der Waals surface area contributed by atoms with E-state index in [0.29, 0.717) is 12.5 Å². The minimum absolute atomic E-state index is 0.0743. The lowest BCUT2D eigenvalue weighted by atomic mass is 9.99. The first-order valence-electron chi connectivity index (χ1n) is 8.50. The number of carboxylic acid groups (broad SMARTS) is 1. The van der Waals surface area contributed by atoms with Gasteiger partial charge in [-0.15, -0.1) is 0 Å². The molecule has 0 heterocycles. The van der Waals surface area contributed by atoms with Crippen LogP contribution in [0.5, 0.6) is 0 Å². The molecule has 0 bridgehead atoms. The molecule has 0 fully saturated rings. The van der Waals surface area contributed by atoms with Crippen molar-refractivity contribution in [3.8, 4) is 0 Å². The molecule has 0 saturated carbocycles. The molecule has 24 heavy (non-hydrogen) atoms. The van der Waals surface area contributed by atoms with Gasteiger partial charge in [0.25, 0.3) is 0 Å². The van der Waals surface area contributed by atoms with E-state index in [4.69, 9.17) is 9.84 Å². The van der Waals surface area contributed by atoms with Crippen LogP contribution in [0.3, 0.4) is 0 Å². The van der Waals surface area contributed by atoms with Crippen LogP contribution in [0.25, 0.3) is 0 Å². The molecule has 0 aromatic carbocycles. The van der Waals surface area contributed by atoms with Gasteiger partial charge in [-0.05, 0) is 50.0 Å². The van der Waals surface area contributed by atoms with Crippen LogP contribution in [0.15, 0.2) is 59.4 Å². The summed E-state index contributed by atoms with van der Waals surface area (Å²) in [4.78, 5) is 12.5. The number of hydrogen-bond donors (Lipinski definition) is 1. The normalized spacial score (nSPS) is 20.3. The Morgan fingerprint density at radius 2 is 2.08 bits per heavy atom. The Labute approximate surface area is 144 Å². The monoisotopic (exact) mass is 329 g/mol. The topological polar surface area (TPSA) is 49.8 Å². The van der Waals surface area contributed by atoms with Crippen molar-refractivity contribution in [1.82, 2.24) is 4.90 Å². The molecule has 0 radical (unpaired) electrons. The van der Waals surface area contributed by atoms with Crippen LogP contribution >= 0.6 is 0 Å². The third-order valence-electron chi connectivity index (χ3n) is 4.14. The largest absolute Gasteiger partial charge is 0.489 e. The van der Waals surface area contributed by atoms with Gasteiger partial charge < -0.3 is 9.84 Å². The second-order valence-electron chi connectivity index (χ2n) is 6.48. The Hall–Kier alpha value is -2.07. The molecule has 1 atom stereocenters. The molecule has 4 heteroatoms. The zero-order valence-electron chi connectivity index (χ0n) is 14.6. The Bertz CT molecular complexity index is 596. The maximum absolute atomic E-state index is 10.7. The zero-order chi connectivity index (χ0) is 17.4. The molecule has 2 aliphatic carbocycles. The average molecular weight is 329 g/mol. The summed E-state index contributed by atoms with van der Waals surface area (Å²) in [6.45, 7) is 3.62. The summed E-state index contributed by atoms with van der Waals surface area (Å²) >= 11 is 0. The highest BCUT2D eigenvalue weighted by Gasteiger charge is 2.07. The molecule has 0 spiro atoms. The van der Waals surface area contributed by atoms with Gasteiger partial charge in [-0.3, -0.25) is 9.69 Å². The fourth-order valence-corrected chi connectivity index (χ4v) is 2.62. The maximum atomic E-state index is 10.7. The molecule has 0 saturated heterocycles. The van der Waals surface area contributed by atoms with Crippen molar-refractivity contribution in [3.05, 3.63) is 59.4 Å². The molecular formula is C20H27NO3. The third-order valence-corrected chi connectivity index (χ3v) is 4.14. The Morgan fingerprint density at radius 3 is 2.79 bits per heavy atom. The minimum atomic E-state index is -0.791. The summed E-state index contributed by atoms with van der Waals surface area (Å²) < 4.78 is 5.90. The number of allylic oxidation sites excluding steroid dienone is 6. The first-order chi connectivity index (χ1) is 11.5. The van der Waals surface area contributed by atoms with Gasteiger partial charge in [-0.1, -0.05) is 42.9 Å². The van der Waals surface area contributed by atoms with E-state index in [1.54, 1.807) is 0 Å². The summed E-state index contributed by atoms with van der Waals surface area (Å²) in [5.74, 6) is 0.727. The van der Waals surface area contributed by atoms with Gasteiger partial charge in [-0.2, -0.15) is 0 Å². The van der Waals surface area contributed by atoms with Crippen LogP contribution in [0.1, 0.15) is 26.2 Å². The lowest BCUT2D eigenvalue weighted by Gasteiger charge is -2.14. The highest BCUT2D eigenvalue weighted by molar-refractivity contribution is 5.69. The van der Waals surface area contributed by atoms with E-state index >= 15 is 0 Å². The molecule has 0 aliphatic heterocycles. The number of ether oxygens (including phenoxy) is 1. The van der Waals surface area contributed by atoms with Crippen molar-refractivity contribution in [2.75, 3.05) is 26.7 Å². The molecule has 2 aliphatic rings. The molecule has 1 N–H and O–H groups in total. The fraction of sp³-hybridized carbons (Fsp3) is 0.450. The van der Waals surface area contributed by atoms with Crippen LogP contribution in [-0.4, -0.2) is 42.7 Å². The number of carbonyl (C=O) groups is 1. The van der Waals surface area contributed by atoms with Crippen LogP contribution in [0.4, 0.5) is 0 Å². The molecule has 4 nitrogen and oxygen atoms in total. The molecule has 0 aromatic rings. The SMILES string of the molecule is CC1C=CC(COC2=CCC=C(CCN(C)CC(=O)O)C=C2)=CC1. The van der Waals surface area contributed by atoms with E-state index in [9.17, 15) is 4.79 Å². The highest BCUT2D eigenvalue weighted by atomic mass is 16.5. The minimum Gasteiger partial charge on any atom is -0.489 e. The van der Waals surface area contributed by atoms with E-state index in [-0.39, 0.29) is 6.54 Å². The number of likely N-dealkylation sites (N-methyl/N-ethyl adjacent to an activating group) is 1. The van der Waals surface area contributed by atoms with Gasteiger partial charge >= 0.3 is 5.97 Å². The van der Waals surface area contributed by atoms with Gasteiger partial charge in [0.1, 0.15) is 12.4 Å². The van der Waals surface area contributed by atoms with Gasteiger partial charge in [-0.25, -0.2) is 0 Å². The Morgan fingerprint density at radius 1 is 1.25 bits per heavy atom. The predicted molar refractivity (Wildman–Crippen MR) is 96.6 cm³/mol. The van der Waals surface area contributed by atoms with Crippen molar-refractivity contribution >= 4 is 5.97 Å². The van der Waals surface area contributed by atoms with Crippen molar-refractivity contribution in [2.24, 2.45) is 5.92 Å². The van der Waals surface area contributed by atoms with Crippen molar-refractivity contribution in [1.29, 1.82) is 0 Å². The van der Waals surface area contributed by atoms with Crippen LogP contribution in [-0.2, 0) is 9.53 Å². The predicted octanol–water partition coefficient (Wildman–Crippen LogP) is 3.70. The van der Waals surface area contributed by atoms with Gasteiger partial charge in [0.2, 0.25) is 0 Å². The van der Waals surface area contributed by atoms with Crippen molar-refractivity contribution in [2.45, 2.75) is 26.2 Å². The summed E-state index contributed by atoms with van der Waals surface area (Å²) in [6, 6.07) is 0. The zero-order valence-corrected chi connectivity index (χ0v) is 14.6. The smallest absolute Gasteiger partial charge is 0.317 e. The number of hydrogen-bond acceptors (Lipinski definition) is 3. The molecule has 1 unspecified atom stereocenters. The second-order valence-corrected chi connectivity index (χ2v) is 6.48. The molecule has 130 valence electrons. The van der Waals surface area contributed by atoms with Gasteiger partial charge in [0.15, 0.2) is 0 Å². The van der Waals surface area contributed by atoms with Crippen LogP contribution in [0.2, 0.25) is 0 Å². The fourth-order valence-electron chi connectivity index (χ4n) is 2.62. The van der Waals surface area contributed by atoms with Crippen LogP contribution in [0, 0.1) is 5.92 Å². The lowest BCUT2D eigenvalue weighted by Crippen LogP contribution is -2.26. The van der Waals surface area contributed by atoms with E-state index in [1.165, 1.54) is 11.1 Å². The van der Waals surface area contributed by atoms with Crippen molar-refractivity contribution < 1.29 is 14.6 Å². The number of nitrogens with zero attached hydrogens (tertiary/aromatic N) is 1. The molecule has 2 rings (SSSR count). The molecule has 0 amide bonds. The molecule has 0 aromatic heterocycles. The quantitative estimate of drug-likeness (QED) is 0.738. The highest BCUT2D eigenvalue weighted by Crippen LogP contribution is 2.18. The first-order valence-corrected chi connectivity index (χ1v) is 8.50. The lowest BCUT2D eigenvalue weighted by molar-refractivity contribution is -0.137. The van der Waals surface area contributed by atoms with E-state index < -0.39 is 5.97 Å². The standard InChI is InChI=1S/C20H27NO3/c1-16-6-8-18(9-7-16)15-24-19-5-3-4-17(10-11-19)12-13-21(2)14-20(22)23/h4-6,8-11,16H,3,7,12-15H2,1-2H3,(H,22,23). The summed E-state index contributed by atoms with van der Waals surface area (Å²) in [5.41, 5.74) is 2.45. The number of carboxylic acids is 1. The summed E-state index contributed by atoms with van der Waals surface area (Å²) in [6.07, 6.45) is 17.7. The first kappa shape index (κ1) is 18.3.